The van der Waals surface area contributed by atoms with Crippen molar-refractivity contribution in [2.24, 2.45) is 5.92 Å². The first-order valence-electron chi connectivity index (χ1n) is 11.6. The largest absolute Gasteiger partial charge is 0.387 e. The van der Waals surface area contributed by atoms with Crippen LogP contribution in [0.1, 0.15) is 31.4 Å². The monoisotopic (exact) mass is 583 g/mol. The number of fused-ring (bicyclic) bond motifs is 1. The molecule has 1 aliphatic carbocycles. The van der Waals surface area contributed by atoms with Gasteiger partial charge in [0.2, 0.25) is 15.9 Å². The summed E-state index contributed by atoms with van der Waals surface area (Å²) in [5.41, 5.74) is 1.36. The highest BCUT2D eigenvalue weighted by atomic mass is 79.9. The van der Waals surface area contributed by atoms with Crippen molar-refractivity contribution < 1.29 is 27.0 Å². The molecule has 1 saturated carbocycles. The number of aliphatic hydroxyl groups excluding tert-OH is 1. The van der Waals surface area contributed by atoms with Crippen molar-refractivity contribution in [1.82, 2.24) is 9.71 Å². The van der Waals surface area contributed by atoms with Crippen LogP contribution in [0.15, 0.2) is 64.2 Å². The van der Waals surface area contributed by atoms with E-state index in [2.05, 4.69) is 31.0 Å². The number of nitrogens with one attached hydrogen (secondary N) is 2. The molecular weight excluding hydrogens is 556 g/mol. The molecular formula is C25H28BrF2N3O4S. The van der Waals surface area contributed by atoms with Crippen molar-refractivity contribution in [3.8, 4) is 0 Å². The Morgan fingerprint density at radius 3 is 2.53 bits per heavy atom. The molecule has 0 spiro atoms. The smallest absolute Gasteiger partial charge is 0.248 e. The van der Waals surface area contributed by atoms with E-state index in [1.54, 1.807) is 25.3 Å². The van der Waals surface area contributed by atoms with Gasteiger partial charge in [-0.15, -0.1) is 0 Å². The molecule has 2 atom stereocenters. The molecule has 1 fully saturated rings. The molecule has 0 aliphatic heterocycles. The number of aromatic nitrogens is 1. The van der Waals surface area contributed by atoms with E-state index in [0.717, 1.165) is 10.0 Å². The van der Waals surface area contributed by atoms with Crippen LogP contribution in [-0.4, -0.2) is 50.2 Å². The van der Waals surface area contributed by atoms with Gasteiger partial charge in [0, 0.05) is 65.9 Å². The number of nitrogens with zero attached hydrogens (tertiary/aromatic N) is 1. The highest BCUT2D eigenvalue weighted by Gasteiger charge is 2.48. The van der Waals surface area contributed by atoms with Crippen molar-refractivity contribution in [2.75, 3.05) is 25.0 Å². The first-order chi connectivity index (χ1) is 17.1. The van der Waals surface area contributed by atoms with Gasteiger partial charge in [0.25, 0.3) is 0 Å². The minimum Gasteiger partial charge on any atom is -0.387 e. The Balaban J connectivity index is 1.50. The van der Waals surface area contributed by atoms with Crippen LogP contribution >= 0.6 is 15.9 Å². The number of pyridine rings is 1. The summed E-state index contributed by atoms with van der Waals surface area (Å²) in [6, 6.07) is 12.0. The Hall–Kier alpha value is -2.18. The number of benzene rings is 2. The molecule has 3 N–H and O–H groups in total. The van der Waals surface area contributed by atoms with Crippen LogP contribution in [0, 0.1) is 5.92 Å². The molecule has 4 rings (SSSR count). The van der Waals surface area contributed by atoms with E-state index in [4.69, 9.17) is 4.74 Å². The normalized spacial score (nSPS) is 17.5. The lowest BCUT2D eigenvalue weighted by Gasteiger charge is -2.39. The third-order valence-electron chi connectivity index (χ3n) is 6.31. The van der Waals surface area contributed by atoms with E-state index in [0.29, 0.717) is 23.1 Å². The molecule has 11 heteroatoms. The molecule has 0 radical (unpaired) electrons. The zero-order chi connectivity index (χ0) is 25.9. The van der Waals surface area contributed by atoms with Crippen LogP contribution in [0.2, 0.25) is 0 Å². The standard InChI is InChI=1S/C25H28BrF2N3O4S/c1-2-35-23(17-11-25(27,28)12-17)15-31-36(33,34)24-8-7-21(20-13-29-10-9-19(20)24)30-14-22(32)16-3-5-18(26)6-4-16/h3-10,13,17,22-23,30-32H,2,11-12,14-15H2,1H3/t22-,23?/m0/s1. The fourth-order valence-corrected chi connectivity index (χ4v) is 5.89. The summed E-state index contributed by atoms with van der Waals surface area (Å²) in [4.78, 5) is 4.18. The first kappa shape index (κ1) is 26.9. The highest BCUT2D eigenvalue weighted by Crippen LogP contribution is 2.44. The first-order valence-corrected chi connectivity index (χ1v) is 13.9. The Morgan fingerprint density at radius 1 is 1.14 bits per heavy atom. The second kappa shape index (κ2) is 11.1. The maximum Gasteiger partial charge on any atom is 0.248 e. The molecule has 194 valence electrons. The molecule has 1 aromatic heterocycles. The topological polar surface area (TPSA) is 101 Å². The van der Waals surface area contributed by atoms with Gasteiger partial charge in [0.05, 0.1) is 17.1 Å². The van der Waals surface area contributed by atoms with Gasteiger partial charge in [0.1, 0.15) is 0 Å². The number of sulfonamides is 1. The Kier molecular flexibility index (Phi) is 8.25. The fraction of sp³-hybridized carbons (Fsp3) is 0.400. The van der Waals surface area contributed by atoms with Crippen molar-refractivity contribution in [1.29, 1.82) is 0 Å². The lowest BCUT2D eigenvalue weighted by atomic mass is 9.77. The highest BCUT2D eigenvalue weighted by molar-refractivity contribution is 9.10. The van der Waals surface area contributed by atoms with E-state index >= 15 is 0 Å². The van der Waals surface area contributed by atoms with E-state index in [9.17, 15) is 22.3 Å². The predicted octanol–water partition coefficient (Wildman–Crippen LogP) is 4.87. The van der Waals surface area contributed by atoms with E-state index < -0.39 is 34.1 Å². The Morgan fingerprint density at radius 2 is 1.86 bits per heavy atom. The molecule has 1 unspecified atom stereocenters. The lowest BCUT2D eigenvalue weighted by molar-refractivity contribution is -0.150. The molecule has 2 aromatic carbocycles. The van der Waals surface area contributed by atoms with Gasteiger partial charge >= 0.3 is 0 Å². The minimum atomic E-state index is -3.97. The summed E-state index contributed by atoms with van der Waals surface area (Å²) in [6.45, 7) is 2.16. The predicted molar refractivity (Wildman–Crippen MR) is 138 cm³/mol. The van der Waals surface area contributed by atoms with Crippen molar-refractivity contribution >= 4 is 42.4 Å². The van der Waals surface area contributed by atoms with Crippen LogP contribution in [0.5, 0.6) is 0 Å². The van der Waals surface area contributed by atoms with E-state index in [1.165, 1.54) is 12.3 Å². The Labute approximate surface area is 217 Å². The molecule has 7 nitrogen and oxygen atoms in total. The number of hydrogen-bond donors (Lipinski definition) is 3. The van der Waals surface area contributed by atoms with Gasteiger partial charge in [-0.3, -0.25) is 4.98 Å². The summed E-state index contributed by atoms with van der Waals surface area (Å²) < 4.78 is 62.1. The molecule has 1 heterocycles. The van der Waals surface area contributed by atoms with Gasteiger partial charge in [-0.2, -0.15) is 0 Å². The molecule has 0 amide bonds. The molecule has 3 aromatic rings. The van der Waals surface area contributed by atoms with Crippen LogP contribution in [0.3, 0.4) is 0 Å². The van der Waals surface area contributed by atoms with Gasteiger partial charge in [-0.1, -0.05) is 28.1 Å². The molecule has 0 saturated heterocycles. The summed E-state index contributed by atoms with van der Waals surface area (Å²) in [6.07, 6.45) is 1.05. The van der Waals surface area contributed by atoms with Crippen molar-refractivity contribution in [3.63, 3.8) is 0 Å². The number of hydrogen-bond acceptors (Lipinski definition) is 6. The number of halogens is 3. The van der Waals surface area contributed by atoms with Crippen molar-refractivity contribution in [2.45, 2.75) is 42.8 Å². The van der Waals surface area contributed by atoms with Crippen LogP contribution < -0.4 is 10.0 Å². The van der Waals surface area contributed by atoms with Gasteiger partial charge in [-0.05, 0) is 48.7 Å². The van der Waals surface area contributed by atoms with Gasteiger partial charge in [0.15, 0.2) is 0 Å². The number of aliphatic hydroxyl groups is 1. The van der Waals surface area contributed by atoms with E-state index in [1.807, 2.05) is 24.3 Å². The van der Waals surface area contributed by atoms with Crippen molar-refractivity contribution in [3.05, 3.63) is 64.9 Å². The molecule has 36 heavy (non-hydrogen) atoms. The zero-order valence-electron chi connectivity index (χ0n) is 19.6. The average Bonchev–Trinajstić information content (AvgIpc) is 2.83. The summed E-state index contributed by atoms with van der Waals surface area (Å²) in [5, 5.41) is 14.7. The van der Waals surface area contributed by atoms with Crippen LogP contribution in [-0.2, 0) is 14.8 Å². The molecule has 0 bridgehead atoms. The Bertz CT molecular complexity index is 1300. The van der Waals surface area contributed by atoms with E-state index in [-0.39, 0.29) is 30.8 Å². The maximum absolute atomic E-state index is 13.3. The second-order valence-electron chi connectivity index (χ2n) is 8.85. The zero-order valence-corrected chi connectivity index (χ0v) is 22.0. The summed E-state index contributed by atoms with van der Waals surface area (Å²) in [7, 11) is -3.97. The SMILES string of the molecule is CCOC(CNS(=O)(=O)c1ccc(NC[C@H](O)c2ccc(Br)cc2)c2cnccc12)C1CC(F)(F)C1. The minimum absolute atomic E-state index is 0.0492. The second-order valence-corrected chi connectivity index (χ2v) is 11.5. The fourth-order valence-electron chi connectivity index (χ4n) is 4.38. The summed E-state index contributed by atoms with van der Waals surface area (Å²) >= 11 is 3.37. The van der Waals surface area contributed by atoms with Gasteiger partial charge < -0.3 is 15.2 Å². The number of ether oxygens (including phenoxy) is 1. The molecule has 1 aliphatic rings. The number of alkyl halides is 2. The van der Waals surface area contributed by atoms with Gasteiger partial charge in [-0.25, -0.2) is 21.9 Å². The van der Waals surface area contributed by atoms with Crippen LogP contribution in [0.25, 0.3) is 10.8 Å². The quantitative estimate of drug-likeness (QED) is 0.298. The lowest BCUT2D eigenvalue weighted by Crippen LogP contribution is -2.47. The third kappa shape index (κ3) is 6.20. The summed E-state index contributed by atoms with van der Waals surface area (Å²) in [5.74, 6) is -3.11. The number of anilines is 1. The van der Waals surface area contributed by atoms with Crippen LogP contribution in [0.4, 0.5) is 14.5 Å². The third-order valence-corrected chi connectivity index (χ3v) is 8.32. The average molecular weight is 584 g/mol. The number of rotatable bonds is 11. The maximum atomic E-state index is 13.3.